The molecule has 0 radical (unpaired) electrons. The van der Waals surface area contributed by atoms with Gasteiger partial charge in [-0.3, -0.25) is 14.9 Å². The topological polar surface area (TPSA) is 60.2 Å². The highest BCUT2D eigenvalue weighted by Gasteiger charge is 2.15. The van der Waals surface area contributed by atoms with Crippen LogP contribution in [0.1, 0.15) is 15.9 Å². The lowest BCUT2D eigenvalue weighted by atomic mass is 10.1. The third-order valence-corrected chi connectivity index (χ3v) is 2.08. The largest absolute Gasteiger partial charge is 0.298 e. The van der Waals surface area contributed by atoms with Crippen molar-refractivity contribution in [2.45, 2.75) is 6.92 Å². The molecular weight excluding hydrogens is 194 g/mol. The van der Waals surface area contributed by atoms with Crippen molar-refractivity contribution >= 4 is 23.6 Å². The molecule has 68 valence electrons. The van der Waals surface area contributed by atoms with Gasteiger partial charge in [0.2, 0.25) is 0 Å². The number of aldehydes is 1. The quantitative estimate of drug-likeness (QED) is 0.417. The third kappa shape index (κ3) is 1.67. The number of nitrogens with zero attached hydrogens (tertiary/aromatic N) is 1. The van der Waals surface area contributed by atoms with Crippen LogP contribution in [0, 0.1) is 17.0 Å². The van der Waals surface area contributed by atoms with E-state index in [1.807, 2.05) is 0 Å². The van der Waals surface area contributed by atoms with E-state index in [0.29, 0.717) is 11.8 Å². The Morgan fingerprint density at radius 2 is 2.15 bits per heavy atom. The lowest BCUT2D eigenvalue weighted by Crippen LogP contribution is -1.96. The molecule has 0 fully saturated rings. The van der Waals surface area contributed by atoms with E-state index < -0.39 is 4.92 Å². The van der Waals surface area contributed by atoms with Crippen molar-refractivity contribution in [3.63, 3.8) is 0 Å². The Hall–Kier alpha value is -1.42. The minimum Gasteiger partial charge on any atom is -0.298 e. The van der Waals surface area contributed by atoms with E-state index in [1.54, 1.807) is 0 Å². The predicted molar refractivity (Wildman–Crippen MR) is 48.2 cm³/mol. The second kappa shape index (κ2) is 3.53. The first-order chi connectivity index (χ1) is 6.07. The normalized spacial score (nSPS) is 9.69. The smallest absolute Gasteiger partial charge is 0.273 e. The molecule has 0 aliphatic heterocycles. The number of rotatable bonds is 2. The lowest BCUT2D eigenvalue weighted by Gasteiger charge is -2.01. The fourth-order valence-corrected chi connectivity index (χ4v) is 1.28. The number of nitro groups is 1. The predicted octanol–water partition coefficient (Wildman–Crippen LogP) is 2.37. The van der Waals surface area contributed by atoms with Crippen LogP contribution in [0.5, 0.6) is 0 Å². The standard InChI is InChI=1S/C8H6ClNO3/c1-5-6(4-11)7(9)2-3-8(5)10(12)13/h2-4H,1H3. The molecule has 0 aromatic heterocycles. The van der Waals surface area contributed by atoms with Crippen LogP contribution in [0.3, 0.4) is 0 Å². The first-order valence-electron chi connectivity index (χ1n) is 3.46. The van der Waals surface area contributed by atoms with Gasteiger partial charge >= 0.3 is 0 Å². The molecule has 0 heterocycles. The zero-order valence-electron chi connectivity index (χ0n) is 6.78. The van der Waals surface area contributed by atoms with E-state index in [0.717, 1.165) is 0 Å². The fraction of sp³-hybridized carbons (Fsp3) is 0.125. The minimum atomic E-state index is -0.543. The summed E-state index contributed by atoms with van der Waals surface area (Å²) in [5.74, 6) is 0. The molecule has 13 heavy (non-hydrogen) atoms. The van der Waals surface area contributed by atoms with Crippen LogP contribution >= 0.6 is 11.6 Å². The van der Waals surface area contributed by atoms with Gasteiger partial charge in [-0.05, 0) is 13.0 Å². The average molecular weight is 200 g/mol. The fourth-order valence-electron chi connectivity index (χ4n) is 1.03. The first kappa shape index (κ1) is 9.67. The second-order valence-electron chi connectivity index (χ2n) is 2.48. The Labute approximate surface area is 79.3 Å². The zero-order chi connectivity index (χ0) is 10.0. The van der Waals surface area contributed by atoms with E-state index in [2.05, 4.69) is 0 Å². The van der Waals surface area contributed by atoms with Crippen molar-refractivity contribution in [3.8, 4) is 0 Å². The molecule has 1 aromatic carbocycles. The molecule has 0 atom stereocenters. The van der Waals surface area contributed by atoms with Gasteiger partial charge in [0.1, 0.15) is 0 Å². The number of carbonyl (C=O) groups excluding carboxylic acids is 1. The summed E-state index contributed by atoms with van der Waals surface area (Å²) in [6.07, 6.45) is 0.519. The van der Waals surface area contributed by atoms with Crippen LogP contribution in [0.15, 0.2) is 12.1 Å². The van der Waals surface area contributed by atoms with E-state index in [1.165, 1.54) is 19.1 Å². The van der Waals surface area contributed by atoms with Crippen molar-refractivity contribution in [1.29, 1.82) is 0 Å². The maximum atomic E-state index is 10.5. The molecule has 0 bridgehead atoms. The van der Waals surface area contributed by atoms with E-state index >= 15 is 0 Å². The summed E-state index contributed by atoms with van der Waals surface area (Å²) in [4.78, 5) is 20.4. The Morgan fingerprint density at radius 1 is 1.54 bits per heavy atom. The maximum Gasteiger partial charge on any atom is 0.273 e. The second-order valence-corrected chi connectivity index (χ2v) is 2.89. The molecule has 5 heteroatoms. The molecule has 0 saturated heterocycles. The van der Waals surface area contributed by atoms with Gasteiger partial charge in [-0.15, -0.1) is 0 Å². The van der Waals surface area contributed by atoms with Gasteiger partial charge in [-0.25, -0.2) is 0 Å². The highest BCUT2D eigenvalue weighted by Crippen LogP contribution is 2.26. The molecular formula is C8H6ClNO3. The van der Waals surface area contributed by atoms with Crippen molar-refractivity contribution in [2.75, 3.05) is 0 Å². The van der Waals surface area contributed by atoms with Gasteiger partial charge in [0.15, 0.2) is 6.29 Å². The SMILES string of the molecule is Cc1c([N+](=O)[O-])ccc(Cl)c1C=O. The van der Waals surface area contributed by atoms with E-state index in [9.17, 15) is 14.9 Å². The summed E-state index contributed by atoms with van der Waals surface area (Å²) < 4.78 is 0. The Balaban J connectivity index is 3.44. The number of nitro benzene ring substituents is 1. The van der Waals surface area contributed by atoms with Gasteiger partial charge in [-0.2, -0.15) is 0 Å². The number of benzene rings is 1. The summed E-state index contributed by atoms with van der Waals surface area (Å²) in [6, 6.07) is 2.63. The number of halogens is 1. The molecule has 0 N–H and O–H groups in total. The Bertz CT molecular complexity index is 376. The monoisotopic (exact) mass is 199 g/mol. The van der Waals surface area contributed by atoms with Crippen LogP contribution in [-0.4, -0.2) is 11.2 Å². The molecule has 1 aromatic rings. The van der Waals surface area contributed by atoms with E-state index in [4.69, 9.17) is 11.6 Å². The molecule has 4 nitrogen and oxygen atoms in total. The van der Waals surface area contributed by atoms with Crippen molar-refractivity contribution in [3.05, 3.63) is 38.4 Å². The first-order valence-corrected chi connectivity index (χ1v) is 3.84. The minimum absolute atomic E-state index is 0.0912. The molecule has 0 saturated carbocycles. The van der Waals surface area contributed by atoms with Gasteiger partial charge in [-0.1, -0.05) is 11.6 Å². The summed E-state index contributed by atoms with van der Waals surface area (Å²) in [5, 5.41) is 10.7. The Morgan fingerprint density at radius 3 is 2.62 bits per heavy atom. The van der Waals surface area contributed by atoms with Crippen molar-refractivity contribution in [2.24, 2.45) is 0 Å². The summed E-state index contributed by atoms with van der Waals surface area (Å²) in [6.45, 7) is 1.49. The number of carbonyl (C=O) groups is 1. The lowest BCUT2D eigenvalue weighted by molar-refractivity contribution is -0.385. The molecule has 0 aliphatic carbocycles. The third-order valence-electron chi connectivity index (χ3n) is 1.75. The van der Waals surface area contributed by atoms with Crippen LogP contribution in [0.25, 0.3) is 0 Å². The van der Waals surface area contributed by atoms with Crippen LogP contribution in [0.4, 0.5) is 5.69 Å². The summed E-state index contributed by atoms with van der Waals surface area (Å²) in [5.41, 5.74) is 0.384. The summed E-state index contributed by atoms with van der Waals surface area (Å²) >= 11 is 5.65. The van der Waals surface area contributed by atoms with Crippen LogP contribution in [-0.2, 0) is 0 Å². The van der Waals surface area contributed by atoms with Gasteiger partial charge in [0, 0.05) is 17.2 Å². The zero-order valence-corrected chi connectivity index (χ0v) is 7.54. The van der Waals surface area contributed by atoms with E-state index in [-0.39, 0.29) is 16.3 Å². The number of hydrogen-bond acceptors (Lipinski definition) is 3. The van der Waals surface area contributed by atoms with Crippen LogP contribution < -0.4 is 0 Å². The highest BCUT2D eigenvalue weighted by molar-refractivity contribution is 6.33. The molecule has 0 spiro atoms. The Kier molecular flexibility index (Phi) is 2.63. The highest BCUT2D eigenvalue weighted by atomic mass is 35.5. The van der Waals surface area contributed by atoms with Gasteiger partial charge in [0.05, 0.1) is 9.95 Å². The van der Waals surface area contributed by atoms with Crippen molar-refractivity contribution in [1.82, 2.24) is 0 Å². The molecule has 0 amide bonds. The van der Waals surface area contributed by atoms with Gasteiger partial charge < -0.3 is 0 Å². The molecule has 1 rings (SSSR count). The average Bonchev–Trinajstić information content (AvgIpc) is 2.04. The van der Waals surface area contributed by atoms with Crippen molar-refractivity contribution < 1.29 is 9.72 Å². The van der Waals surface area contributed by atoms with Crippen LogP contribution in [0.2, 0.25) is 5.02 Å². The maximum absolute atomic E-state index is 10.5. The summed E-state index contributed by atoms with van der Waals surface area (Å²) in [7, 11) is 0. The molecule has 0 aliphatic rings. The number of hydrogen-bond donors (Lipinski definition) is 0. The molecule has 0 unspecified atom stereocenters. The van der Waals surface area contributed by atoms with Gasteiger partial charge in [0.25, 0.3) is 5.69 Å².